The molecule has 1 unspecified atom stereocenters. The van der Waals surface area contributed by atoms with E-state index in [1.54, 1.807) is 29.7 Å². The predicted molar refractivity (Wildman–Crippen MR) is 123 cm³/mol. The van der Waals surface area contributed by atoms with E-state index in [0.717, 1.165) is 10.9 Å². The van der Waals surface area contributed by atoms with Crippen LogP contribution in [0.5, 0.6) is 0 Å². The Labute approximate surface area is 186 Å². The van der Waals surface area contributed by atoms with E-state index in [1.807, 2.05) is 24.1 Å². The number of rotatable bonds is 4. The summed E-state index contributed by atoms with van der Waals surface area (Å²) in [6.45, 7) is 5.86. The summed E-state index contributed by atoms with van der Waals surface area (Å²) in [5, 5.41) is 0.803. The van der Waals surface area contributed by atoms with Gasteiger partial charge in [-0.05, 0) is 41.8 Å². The molecule has 1 aliphatic rings. The van der Waals surface area contributed by atoms with Gasteiger partial charge < -0.3 is 4.90 Å². The number of thioether (sulfide) groups is 1. The number of benzene rings is 2. The molecule has 2 aromatic rings. The van der Waals surface area contributed by atoms with E-state index in [1.165, 1.54) is 17.7 Å². The van der Waals surface area contributed by atoms with Crippen molar-refractivity contribution in [3.63, 3.8) is 0 Å². The molecule has 0 aliphatic carbocycles. The number of nitrogens with zero attached hydrogens (tertiary/aromatic N) is 3. The Balaban J connectivity index is 0.00000300. The fraction of sp³-hybridized carbons (Fsp3) is 0.333. The van der Waals surface area contributed by atoms with Crippen molar-refractivity contribution in [3.8, 4) is 0 Å². The van der Waals surface area contributed by atoms with E-state index < -0.39 is 5.82 Å². The summed E-state index contributed by atoms with van der Waals surface area (Å²) in [5.74, 6) is 0.630. The van der Waals surface area contributed by atoms with Gasteiger partial charge in [0.05, 0.1) is 10.7 Å². The minimum absolute atomic E-state index is 0. The van der Waals surface area contributed by atoms with E-state index in [0.29, 0.717) is 17.4 Å². The van der Waals surface area contributed by atoms with Gasteiger partial charge in [0.2, 0.25) is 5.91 Å². The first kappa shape index (κ1) is 23.5. The fourth-order valence-corrected chi connectivity index (χ4v) is 4.44. The molecule has 1 heterocycles. The minimum Gasteiger partial charge on any atom is -0.333 e. The number of carbonyl (C=O) groups excluding carboxylic acids is 1. The highest BCUT2D eigenvalue weighted by Gasteiger charge is 2.34. The fourth-order valence-electron chi connectivity index (χ4n) is 3.10. The number of hydrogen-bond donors (Lipinski definition) is 0. The summed E-state index contributed by atoms with van der Waals surface area (Å²) in [4.78, 5) is 20.8. The van der Waals surface area contributed by atoms with Gasteiger partial charge in [-0.25, -0.2) is 9.38 Å². The first-order chi connectivity index (χ1) is 13.3. The smallest absolute Gasteiger partial charge is 0.225 e. The van der Waals surface area contributed by atoms with Crippen LogP contribution in [0.15, 0.2) is 47.5 Å². The lowest BCUT2D eigenvalue weighted by molar-refractivity contribution is -0.117. The van der Waals surface area contributed by atoms with E-state index in [4.69, 9.17) is 11.6 Å². The molecule has 1 fully saturated rings. The number of anilines is 1. The molecule has 1 aliphatic heterocycles. The van der Waals surface area contributed by atoms with E-state index >= 15 is 0 Å². The van der Waals surface area contributed by atoms with Crippen molar-refractivity contribution in [1.82, 2.24) is 4.90 Å². The normalized spacial score (nSPS) is 17.6. The molecular formula is C21H24Cl2FN3OS. The lowest BCUT2D eigenvalue weighted by Crippen LogP contribution is -2.48. The van der Waals surface area contributed by atoms with E-state index in [9.17, 15) is 9.18 Å². The third kappa shape index (κ3) is 5.24. The average Bonchev–Trinajstić information content (AvgIpc) is 2.99. The summed E-state index contributed by atoms with van der Waals surface area (Å²) >= 11 is 7.41. The second-order valence-corrected chi connectivity index (χ2v) is 8.42. The summed E-state index contributed by atoms with van der Waals surface area (Å²) < 4.78 is 13.4. The lowest BCUT2D eigenvalue weighted by atomic mass is 10.0. The maximum absolute atomic E-state index is 13.4. The summed E-state index contributed by atoms with van der Waals surface area (Å²) in [7, 11) is 1.91. The van der Waals surface area contributed by atoms with Crippen LogP contribution in [-0.4, -0.2) is 34.9 Å². The highest BCUT2D eigenvalue weighted by molar-refractivity contribution is 8.14. The highest BCUT2D eigenvalue weighted by atomic mass is 35.5. The van der Waals surface area contributed by atoms with Crippen LogP contribution in [0.4, 0.5) is 15.8 Å². The second-order valence-electron chi connectivity index (χ2n) is 7.03. The molecule has 4 nitrogen and oxygen atoms in total. The maximum atomic E-state index is 13.4. The van der Waals surface area contributed by atoms with Crippen LogP contribution >= 0.6 is 35.8 Å². The second kappa shape index (κ2) is 9.83. The van der Waals surface area contributed by atoms with Crippen LogP contribution in [0, 0.1) is 5.82 Å². The summed E-state index contributed by atoms with van der Waals surface area (Å²) in [6, 6.07) is 12.5. The summed E-state index contributed by atoms with van der Waals surface area (Å²) in [5.41, 5.74) is 2.68. The van der Waals surface area contributed by atoms with Crippen molar-refractivity contribution < 1.29 is 9.18 Å². The van der Waals surface area contributed by atoms with Gasteiger partial charge in [-0.2, -0.15) is 0 Å². The first-order valence-corrected chi connectivity index (χ1v) is 10.4. The third-order valence-electron chi connectivity index (χ3n) is 4.71. The van der Waals surface area contributed by atoms with Crippen LogP contribution < -0.4 is 4.90 Å². The average molecular weight is 456 g/mol. The van der Waals surface area contributed by atoms with Crippen molar-refractivity contribution in [2.75, 3.05) is 17.7 Å². The molecule has 1 atom stereocenters. The van der Waals surface area contributed by atoms with Crippen LogP contribution in [0.2, 0.25) is 5.02 Å². The van der Waals surface area contributed by atoms with Crippen molar-refractivity contribution in [1.29, 1.82) is 0 Å². The Morgan fingerprint density at radius 1 is 1.28 bits per heavy atom. The number of hydrogen-bond acceptors (Lipinski definition) is 3. The van der Waals surface area contributed by atoms with Gasteiger partial charge in [-0.1, -0.05) is 49.3 Å². The van der Waals surface area contributed by atoms with Gasteiger partial charge in [0, 0.05) is 25.4 Å². The monoisotopic (exact) mass is 455 g/mol. The van der Waals surface area contributed by atoms with Crippen LogP contribution in [0.3, 0.4) is 0 Å². The van der Waals surface area contributed by atoms with Gasteiger partial charge in [-0.15, -0.1) is 12.4 Å². The Hall–Kier alpha value is -1.76. The number of carbonyl (C=O) groups is 1. The molecule has 3 rings (SSSR count). The highest BCUT2D eigenvalue weighted by Crippen LogP contribution is 2.32. The standard InChI is InChI=1S/C21H23ClFN3OS.ClH/c1-13(2)15-5-8-17(9-6-15)26(14(3)27)20-12-28-21(25(20)4)24-16-7-10-19(23)18(22)11-16;/h5-11,13,20H,12H2,1-4H3;1H. The zero-order valence-electron chi connectivity index (χ0n) is 16.7. The molecule has 156 valence electrons. The minimum atomic E-state index is -0.469. The van der Waals surface area contributed by atoms with Gasteiger partial charge in [-0.3, -0.25) is 9.69 Å². The zero-order valence-corrected chi connectivity index (χ0v) is 19.1. The maximum Gasteiger partial charge on any atom is 0.225 e. The van der Waals surface area contributed by atoms with E-state index in [-0.39, 0.29) is 29.5 Å². The van der Waals surface area contributed by atoms with Crippen LogP contribution in [0.1, 0.15) is 32.3 Å². The Morgan fingerprint density at radius 2 is 1.93 bits per heavy atom. The predicted octanol–water partition coefficient (Wildman–Crippen LogP) is 6.07. The number of aliphatic imine (C=N–C) groups is 1. The zero-order chi connectivity index (χ0) is 20.4. The van der Waals surface area contributed by atoms with Gasteiger partial charge in [0.1, 0.15) is 12.0 Å². The van der Waals surface area contributed by atoms with E-state index in [2.05, 4.69) is 31.0 Å². The molecule has 0 spiro atoms. The van der Waals surface area contributed by atoms with Crippen molar-refractivity contribution in [3.05, 3.63) is 58.9 Å². The van der Waals surface area contributed by atoms with Crippen molar-refractivity contribution in [2.45, 2.75) is 32.9 Å². The molecule has 1 saturated heterocycles. The molecule has 0 bridgehead atoms. The lowest BCUT2D eigenvalue weighted by Gasteiger charge is -2.33. The number of halogens is 3. The molecule has 8 heteroatoms. The van der Waals surface area contributed by atoms with Crippen LogP contribution in [-0.2, 0) is 4.79 Å². The Morgan fingerprint density at radius 3 is 2.48 bits per heavy atom. The van der Waals surface area contributed by atoms with Gasteiger partial charge in [0.15, 0.2) is 5.17 Å². The third-order valence-corrected chi connectivity index (χ3v) is 6.11. The number of amidine groups is 1. The summed E-state index contributed by atoms with van der Waals surface area (Å²) in [6.07, 6.45) is -0.151. The first-order valence-electron chi connectivity index (χ1n) is 9.07. The quantitative estimate of drug-likeness (QED) is 0.560. The molecule has 0 saturated carbocycles. The Bertz CT molecular complexity index is 905. The number of amides is 1. The molecule has 2 aromatic carbocycles. The Kier molecular flexibility index (Phi) is 7.97. The SMILES string of the molecule is CC(=O)N(c1ccc(C(C)C)cc1)C1CSC(=Nc2ccc(F)c(Cl)c2)N1C.Cl. The van der Waals surface area contributed by atoms with Crippen molar-refractivity contribution >= 4 is 58.2 Å². The molecule has 1 amide bonds. The molecule has 0 radical (unpaired) electrons. The van der Waals surface area contributed by atoms with Crippen LogP contribution in [0.25, 0.3) is 0 Å². The van der Waals surface area contributed by atoms with Crippen molar-refractivity contribution in [2.24, 2.45) is 4.99 Å². The molecule has 29 heavy (non-hydrogen) atoms. The van der Waals surface area contributed by atoms with Gasteiger partial charge in [0.25, 0.3) is 0 Å². The molecule has 0 N–H and O–H groups in total. The molecular weight excluding hydrogens is 432 g/mol. The topological polar surface area (TPSA) is 35.9 Å². The van der Waals surface area contributed by atoms with Gasteiger partial charge >= 0.3 is 0 Å². The molecule has 0 aromatic heterocycles. The largest absolute Gasteiger partial charge is 0.333 e.